The van der Waals surface area contributed by atoms with Gasteiger partial charge in [0.25, 0.3) is 0 Å². The molecule has 1 aliphatic rings. The molecule has 7 heteroatoms. The van der Waals surface area contributed by atoms with Crippen molar-refractivity contribution in [3.05, 3.63) is 18.2 Å². The van der Waals surface area contributed by atoms with Crippen molar-refractivity contribution in [1.29, 1.82) is 0 Å². The first-order chi connectivity index (χ1) is 9.51. The van der Waals surface area contributed by atoms with E-state index in [0.29, 0.717) is 13.1 Å². The monoisotopic (exact) mass is 280 g/mol. The van der Waals surface area contributed by atoms with Crippen molar-refractivity contribution >= 4 is 11.9 Å². The van der Waals surface area contributed by atoms with Crippen molar-refractivity contribution in [2.75, 3.05) is 19.6 Å². The molecule has 2 heterocycles. The van der Waals surface area contributed by atoms with Crippen LogP contribution in [0.2, 0.25) is 0 Å². The molecular formula is C13H20N4O3. The number of imidazole rings is 1. The Morgan fingerprint density at radius 1 is 1.50 bits per heavy atom. The van der Waals surface area contributed by atoms with Crippen LogP contribution in [0.3, 0.4) is 0 Å². The van der Waals surface area contributed by atoms with Gasteiger partial charge >= 0.3 is 5.97 Å². The van der Waals surface area contributed by atoms with E-state index in [1.54, 1.807) is 4.57 Å². The standard InChI is InChI=1S/C13H20N4O3/c1-13(2-4-14-5-3-13)12(20)15-6-7-17-8-10(11(18)19)16-9-17/h8-9,14H,2-7H2,1H3,(H,15,20)(H,18,19). The fourth-order valence-electron chi connectivity index (χ4n) is 2.31. The van der Waals surface area contributed by atoms with Gasteiger partial charge in [-0.25, -0.2) is 9.78 Å². The zero-order chi connectivity index (χ0) is 14.6. The maximum atomic E-state index is 12.2. The van der Waals surface area contributed by atoms with Gasteiger partial charge in [0, 0.05) is 24.7 Å². The number of hydrogen-bond acceptors (Lipinski definition) is 4. The zero-order valence-corrected chi connectivity index (χ0v) is 11.6. The summed E-state index contributed by atoms with van der Waals surface area (Å²) in [4.78, 5) is 26.6. The van der Waals surface area contributed by atoms with Crippen molar-refractivity contribution in [2.24, 2.45) is 5.41 Å². The fraction of sp³-hybridized carbons (Fsp3) is 0.615. The summed E-state index contributed by atoms with van der Waals surface area (Å²) in [6.07, 6.45) is 4.60. The molecule has 1 aliphatic heterocycles. The Labute approximate surface area is 117 Å². The first-order valence-electron chi connectivity index (χ1n) is 6.75. The number of nitrogens with one attached hydrogen (secondary N) is 2. The van der Waals surface area contributed by atoms with Crippen LogP contribution < -0.4 is 10.6 Å². The minimum Gasteiger partial charge on any atom is -0.476 e. The lowest BCUT2D eigenvalue weighted by Crippen LogP contribution is -2.46. The molecule has 1 fully saturated rings. The highest BCUT2D eigenvalue weighted by atomic mass is 16.4. The Morgan fingerprint density at radius 3 is 2.80 bits per heavy atom. The maximum absolute atomic E-state index is 12.2. The van der Waals surface area contributed by atoms with Crippen LogP contribution in [0.25, 0.3) is 0 Å². The second-order valence-corrected chi connectivity index (χ2v) is 5.37. The maximum Gasteiger partial charge on any atom is 0.356 e. The first kappa shape index (κ1) is 14.5. The molecule has 0 aliphatic carbocycles. The van der Waals surface area contributed by atoms with Crippen LogP contribution in [-0.2, 0) is 11.3 Å². The van der Waals surface area contributed by atoms with Crippen LogP contribution in [0.5, 0.6) is 0 Å². The predicted molar refractivity (Wildman–Crippen MR) is 72.4 cm³/mol. The van der Waals surface area contributed by atoms with Gasteiger partial charge in [0.2, 0.25) is 5.91 Å². The zero-order valence-electron chi connectivity index (χ0n) is 11.6. The van der Waals surface area contributed by atoms with E-state index in [2.05, 4.69) is 15.6 Å². The van der Waals surface area contributed by atoms with E-state index in [9.17, 15) is 9.59 Å². The SMILES string of the molecule is CC1(C(=O)NCCn2cnc(C(=O)O)c2)CCNCC1. The van der Waals surface area contributed by atoms with Gasteiger partial charge in [-0.1, -0.05) is 6.92 Å². The quantitative estimate of drug-likeness (QED) is 0.710. The molecule has 0 bridgehead atoms. The molecule has 0 unspecified atom stereocenters. The average molecular weight is 280 g/mol. The Kier molecular flexibility index (Phi) is 4.39. The molecule has 1 amide bonds. The van der Waals surface area contributed by atoms with Crippen LogP contribution in [0.15, 0.2) is 12.5 Å². The second kappa shape index (κ2) is 6.04. The number of amides is 1. The minimum absolute atomic E-state index is 0.0154. The molecule has 0 spiro atoms. The number of aromatic carboxylic acids is 1. The predicted octanol–water partition coefficient (Wildman–Crippen LogP) is 0.0872. The summed E-state index contributed by atoms with van der Waals surface area (Å²) >= 11 is 0. The topological polar surface area (TPSA) is 96.2 Å². The number of aromatic nitrogens is 2. The number of rotatable bonds is 5. The summed E-state index contributed by atoms with van der Waals surface area (Å²) in [7, 11) is 0. The summed E-state index contributed by atoms with van der Waals surface area (Å²) in [5, 5.41) is 14.9. The van der Waals surface area contributed by atoms with Crippen LogP contribution in [0.4, 0.5) is 0 Å². The van der Waals surface area contributed by atoms with E-state index >= 15 is 0 Å². The smallest absolute Gasteiger partial charge is 0.356 e. The summed E-state index contributed by atoms with van der Waals surface area (Å²) < 4.78 is 1.66. The molecule has 7 nitrogen and oxygen atoms in total. The van der Waals surface area contributed by atoms with Gasteiger partial charge in [-0.3, -0.25) is 4.79 Å². The van der Waals surface area contributed by atoms with E-state index in [-0.39, 0.29) is 17.0 Å². The molecule has 0 radical (unpaired) electrons. The molecule has 110 valence electrons. The Bertz CT molecular complexity index is 492. The fourth-order valence-corrected chi connectivity index (χ4v) is 2.31. The van der Waals surface area contributed by atoms with E-state index in [0.717, 1.165) is 25.9 Å². The average Bonchev–Trinajstić information content (AvgIpc) is 2.88. The number of carbonyl (C=O) groups excluding carboxylic acids is 1. The van der Waals surface area contributed by atoms with Crippen LogP contribution in [-0.4, -0.2) is 46.2 Å². The van der Waals surface area contributed by atoms with E-state index in [1.165, 1.54) is 12.5 Å². The second-order valence-electron chi connectivity index (χ2n) is 5.37. The normalized spacial score (nSPS) is 17.6. The minimum atomic E-state index is -1.05. The first-order valence-corrected chi connectivity index (χ1v) is 6.75. The summed E-state index contributed by atoms with van der Waals surface area (Å²) in [6.45, 7) is 4.71. The number of carbonyl (C=O) groups is 2. The molecule has 1 saturated heterocycles. The van der Waals surface area contributed by atoms with Crippen LogP contribution >= 0.6 is 0 Å². The molecular weight excluding hydrogens is 260 g/mol. The molecule has 1 aromatic rings. The molecule has 3 N–H and O–H groups in total. The third kappa shape index (κ3) is 3.36. The summed E-state index contributed by atoms with van der Waals surface area (Å²) in [5.41, 5.74) is -0.284. The molecule has 20 heavy (non-hydrogen) atoms. The van der Waals surface area contributed by atoms with E-state index < -0.39 is 5.97 Å². The third-order valence-electron chi connectivity index (χ3n) is 3.76. The molecule has 0 aromatic carbocycles. The van der Waals surface area contributed by atoms with Crippen LogP contribution in [0, 0.1) is 5.41 Å². The Hall–Kier alpha value is -1.89. The van der Waals surface area contributed by atoms with Crippen molar-refractivity contribution in [1.82, 2.24) is 20.2 Å². The molecule has 0 saturated carbocycles. The Balaban J connectivity index is 1.80. The highest BCUT2D eigenvalue weighted by Crippen LogP contribution is 2.27. The largest absolute Gasteiger partial charge is 0.476 e. The van der Waals surface area contributed by atoms with Crippen molar-refractivity contribution < 1.29 is 14.7 Å². The number of carboxylic acid groups (broad SMARTS) is 1. The number of hydrogen-bond donors (Lipinski definition) is 3. The van der Waals surface area contributed by atoms with Gasteiger partial charge in [-0.2, -0.15) is 0 Å². The van der Waals surface area contributed by atoms with Crippen molar-refractivity contribution in [2.45, 2.75) is 26.3 Å². The van der Waals surface area contributed by atoms with Gasteiger partial charge in [-0.05, 0) is 25.9 Å². The highest BCUT2D eigenvalue weighted by Gasteiger charge is 2.34. The van der Waals surface area contributed by atoms with Crippen molar-refractivity contribution in [3.8, 4) is 0 Å². The van der Waals surface area contributed by atoms with Gasteiger partial charge < -0.3 is 20.3 Å². The van der Waals surface area contributed by atoms with E-state index in [4.69, 9.17) is 5.11 Å². The van der Waals surface area contributed by atoms with Gasteiger partial charge in [0.05, 0.1) is 6.33 Å². The van der Waals surface area contributed by atoms with Crippen LogP contribution in [0.1, 0.15) is 30.3 Å². The Morgan fingerprint density at radius 2 is 2.20 bits per heavy atom. The van der Waals surface area contributed by atoms with Gasteiger partial charge in [0.1, 0.15) is 0 Å². The molecule has 0 atom stereocenters. The summed E-state index contributed by atoms with van der Waals surface area (Å²) in [5.74, 6) is -0.979. The number of nitrogens with zero attached hydrogens (tertiary/aromatic N) is 2. The number of piperidine rings is 1. The summed E-state index contributed by atoms with van der Waals surface area (Å²) in [6, 6.07) is 0. The highest BCUT2D eigenvalue weighted by molar-refractivity contribution is 5.85. The lowest BCUT2D eigenvalue weighted by atomic mass is 9.80. The third-order valence-corrected chi connectivity index (χ3v) is 3.76. The number of carboxylic acids is 1. The van der Waals surface area contributed by atoms with Gasteiger partial charge in [-0.15, -0.1) is 0 Å². The van der Waals surface area contributed by atoms with Gasteiger partial charge in [0.15, 0.2) is 5.69 Å². The lowest BCUT2D eigenvalue weighted by molar-refractivity contribution is -0.131. The molecule has 2 rings (SSSR count). The lowest BCUT2D eigenvalue weighted by Gasteiger charge is -2.32. The van der Waals surface area contributed by atoms with E-state index in [1.807, 2.05) is 6.92 Å². The molecule has 1 aromatic heterocycles. The van der Waals surface area contributed by atoms with Crippen molar-refractivity contribution in [3.63, 3.8) is 0 Å².